The SMILES string of the molecule is COc1cccc(OC)c1-c1ccc(S(N)(=O)=O)cc1Cl. The number of hydrogen-bond donors (Lipinski definition) is 1. The summed E-state index contributed by atoms with van der Waals surface area (Å²) in [5.74, 6) is 1.14. The number of methoxy groups -OCH3 is 2. The Balaban J connectivity index is 2.68. The smallest absolute Gasteiger partial charge is 0.238 e. The molecule has 0 amide bonds. The fourth-order valence-corrected chi connectivity index (χ4v) is 2.87. The van der Waals surface area contributed by atoms with Crippen LogP contribution in [-0.2, 0) is 10.0 Å². The Morgan fingerprint density at radius 3 is 2.05 bits per heavy atom. The quantitative estimate of drug-likeness (QED) is 0.936. The highest BCUT2D eigenvalue weighted by Gasteiger charge is 2.17. The fraction of sp³-hybridized carbons (Fsp3) is 0.143. The molecule has 0 fully saturated rings. The summed E-state index contributed by atoms with van der Waals surface area (Å²) in [6.07, 6.45) is 0. The van der Waals surface area contributed by atoms with Gasteiger partial charge in [-0.2, -0.15) is 0 Å². The molecule has 0 saturated heterocycles. The van der Waals surface area contributed by atoms with Crippen molar-refractivity contribution in [2.75, 3.05) is 14.2 Å². The Morgan fingerprint density at radius 1 is 1.05 bits per heavy atom. The molecule has 7 heteroatoms. The zero-order chi connectivity index (χ0) is 15.6. The van der Waals surface area contributed by atoms with Crippen LogP contribution in [0.15, 0.2) is 41.3 Å². The Kier molecular flexibility index (Phi) is 4.41. The Hall–Kier alpha value is -1.76. The Morgan fingerprint density at radius 2 is 1.62 bits per heavy atom. The van der Waals surface area contributed by atoms with E-state index < -0.39 is 10.0 Å². The summed E-state index contributed by atoms with van der Waals surface area (Å²) in [4.78, 5) is -0.0508. The topological polar surface area (TPSA) is 78.6 Å². The second-order valence-corrected chi connectivity index (χ2v) is 6.19. The Labute approximate surface area is 128 Å². The van der Waals surface area contributed by atoms with Gasteiger partial charge in [-0.15, -0.1) is 0 Å². The maximum Gasteiger partial charge on any atom is 0.238 e. The third kappa shape index (κ3) is 3.12. The molecule has 0 saturated carbocycles. The van der Waals surface area contributed by atoms with Crippen LogP contribution in [0.4, 0.5) is 0 Å². The molecule has 0 bridgehead atoms. The van der Waals surface area contributed by atoms with Gasteiger partial charge in [0.25, 0.3) is 0 Å². The van der Waals surface area contributed by atoms with Crippen molar-refractivity contribution in [3.8, 4) is 22.6 Å². The van der Waals surface area contributed by atoms with Crippen molar-refractivity contribution in [3.05, 3.63) is 41.4 Å². The van der Waals surface area contributed by atoms with Crippen LogP contribution >= 0.6 is 11.6 Å². The molecule has 2 rings (SSSR count). The van der Waals surface area contributed by atoms with E-state index in [1.165, 1.54) is 26.4 Å². The van der Waals surface area contributed by atoms with Crippen LogP contribution in [-0.4, -0.2) is 22.6 Å². The molecule has 0 atom stereocenters. The number of sulfonamides is 1. The van der Waals surface area contributed by atoms with E-state index in [1.54, 1.807) is 24.3 Å². The first-order chi connectivity index (χ1) is 9.88. The molecule has 0 aliphatic heterocycles. The highest BCUT2D eigenvalue weighted by molar-refractivity contribution is 7.89. The normalized spacial score (nSPS) is 11.2. The minimum Gasteiger partial charge on any atom is -0.496 e. The molecule has 2 N–H and O–H groups in total. The van der Waals surface area contributed by atoms with Crippen LogP contribution in [0.25, 0.3) is 11.1 Å². The van der Waals surface area contributed by atoms with Crippen molar-refractivity contribution in [1.29, 1.82) is 0 Å². The molecule has 5 nitrogen and oxygen atoms in total. The van der Waals surface area contributed by atoms with E-state index in [1.807, 2.05) is 0 Å². The maximum atomic E-state index is 11.3. The predicted molar refractivity (Wildman–Crippen MR) is 81.4 cm³/mol. The number of hydrogen-bond acceptors (Lipinski definition) is 4. The first-order valence-corrected chi connectivity index (χ1v) is 7.84. The van der Waals surface area contributed by atoms with Gasteiger partial charge in [-0.1, -0.05) is 23.7 Å². The molecule has 112 valence electrons. The first kappa shape index (κ1) is 15.6. The molecule has 0 heterocycles. The number of nitrogens with two attached hydrogens (primary N) is 1. The van der Waals surface area contributed by atoms with E-state index in [-0.39, 0.29) is 9.92 Å². The van der Waals surface area contributed by atoms with Crippen molar-refractivity contribution >= 4 is 21.6 Å². The van der Waals surface area contributed by atoms with Gasteiger partial charge >= 0.3 is 0 Å². The van der Waals surface area contributed by atoms with E-state index in [0.29, 0.717) is 22.6 Å². The fourth-order valence-electron chi connectivity index (χ4n) is 1.99. The molecule has 21 heavy (non-hydrogen) atoms. The average Bonchev–Trinajstić information content (AvgIpc) is 2.45. The predicted octanol–water partition coefficient (Wildman–Crippen LogP) is 2.67. The van der Waals surface area contributed by atoms with Gasteiger partial charge in [0.2, 0.25) is 10.0 Å². The number of primary sulfonamides is 1. The van der Waals surface area contributed by atoms with Gasteiger partial charge in [0.05, 0.1) is 29.7 Å². The number of rotatable bonds is 4. The minimum absolute atomic E-state index is 0.0508. The summed E-state index contributed by atoms with van der Waals surface area (Å²) in [7, 11) is -0.737. The van der Waals surface area contributed by atoms with Crippen molar-refractivity contribution in [2.45, 2.75) is 4.90 Å². The second-order valence-electron chi connectivity index (χ2n) is 4.22. The molecule has 0 radical (unpaired) electrons. The van der Waals surface area contributed by atoms with E-state index in [0.717, 1.165) is 0 Å². The molecular weight excluding hydrogens is 314 g/mol. The van der Waals surface area contributed by atoms with Gasteiger partial charge in [-0.3, -0.25) is 0 Å². The second kappa shape index (κ2) is 5.93. The zero-order valence-electron chi connectivity index (χ0n) is 11.5. The third-order valence-corrected chi connectivity index (χ3v) is 4.19. The molecule has 0 unspecified atom stereocenters. The van der Waals surface area contributed by atoms with Crippen molar-refractivity contribution in [3.63, 3.8) is 0 Å². The molecule has 0 aliphatic carbocycles. The summed E-state index contributed by atoms with van der Waals surface area (Å²) in [5.41, 5.74) is 1.24. The molecule has 2 aromatic rings. The summed E-state index contributed by atoms with van der Waals surface area (Å²) in [6.45, 7) is 0. The monoisotopic (exact) mass is 327 g/mol. The van der Waals surface area contributed by atoms with Crippen LogP contribution in [0.2, 0.25) is 5.02 Å². The van der Waals surface area contributed by atoms with Crippen molar-refractivity contribution < 1.29 is 17.9 Å². The summed E-state index contributed by atoms with van der Waals surface area (Å²) in [5, 5.41) is 5.33. The van der Waals surface area contributed by atoms with Crippen LogP contribution < -0.4 is 14.6 Å². The van der Waals surface area contributed by atoms with Gasteiger partial charge in [0, 0.05) is 5.56 Å². The third-order valence-electron chi connectivity index (χ3n) is 2.97. The standard InChI is InChI=1S/C14H14ClNO4S/c1-19-12-4-3-5-13(20-2)14(12)10-7-6-9(8-11(10)15)21(16,17)18/h3-8H,1-2H3,(H2,16,17,18). The maximum absolute atomic E-state index is 11.3. The van der Waals surface area contributed by atoms with E-state index >= 15 is 0 Å². The van der Waals surface area contributed by atoms with Crippen LogP contribution in [0, 0.1) is 0 Å². The molecule has 0 aliphatic rings. The lowest BCUT2D eigenvalue weighted by atomic mass is 10.0. The van der Waals surface area contributed by atoms with Crippen molar-refractivity contribution in [2.24, 2.45) is 5.14 Å². The lowest BCUT2D eigenvalue weighted by Gasteiger charge is -2.14. The van der Waals surface area contributed by atoms with E-state index in [9.17, 15) is 8.42 Å². The van der Waals surface area contributed by atoms with E-state index in [4.69, 9.17) is 26.2 Å². The highest BCUT2D eigenvalue weighted by Crippen LogP contribution is 2.41. The molecule has 0 spiro atoms. The number of halogens is 1. The lowest BCUT2D eigenvalue weighted by molar-refractivity contribution is 0.397. The van der Waals surface area contributed by atoms with Gasteiger partial charge in [0.15, 0.2) is 0 Å². The van der Waals surface area contributed by atoms with Crippen LogP contribution in [0.5, 0.6) is 11.5 Å². The summed E-state index contributed by atoms with van der Waals surface area (Å²) < 4.78 is 33.3. The molecule has 2 aromatic carbocycles. The molecular formula is C14H14ClNO4S. The van der Waals surface area contributed by atoms with Gasteiger partial charge in [-0.05, 0) is 24.3 Å². The van der Waals surface area contributed by atoms with Gasteiger partial charge in [0.1, 0.15) is 11.5 Å². The first-order valence-electron chi connectivity index (χ1n) is 5.92. The highest BCUT2D eigenvalue weighted by atomic mass is 35.5. The van der Waals surface area contributed by atoms with E-state index in [2.05, 4.69) is 0 Å². The number of ether oxygens (including phenoxy) is 2. The minimum atomic E-state index is -3.80. The van der Waals surface area contributed by atoms with Crippen LogP contribution in [0.1, 0.15) is 0 Å². The zero-order valence-corrected chi connectivity index (χ0v) is 13.0. The summed E-state index contributed by atoms with van der Waals surface area (Å²) >= 11 is 6.20. The summed E-state index contributed by atoms with van der Waals surface area (Å²) in [6, 6.07) is 9.58. The lowest BCUT2D eigenvalue weighted by Crippen LogP contribution is -2.12. The van der Waals surface area contributed by atoms with Gasteiger partial charge in [-0.25, -0.2) is 13.6 Å². The average molecular weight is 328 g/mol. The van der Waals surface area contributed by atoms with Gasteiger partial charge < -0.3 is 9.47 Å². The molecule has 0 aromatic heterocycles. The Bertz CT molecular complexity index is 752. The van der Waals surface area contributed by atoms with Crippen LogP contribution in [0.3, 0.4) is 0 Å². The largest absolute Gasteiger partial charge is 0.496 e. The van der Waals surface area contributed by atoms with Crippen molar-refractivity contribution in [1.82, 2.24) is 0 Å². The number of benzene rings is 2.